The average Bonchev–Trinajstić information content (AvgIpc) is 3.18. The number of hydrogen-bond donors (Lipinski definition) is 2. The van der Waals surface area contributed by atoms with Crippen molar-refractivity contribution in [3.8, 4) is 23.1 Å². The van der Waals surface area contributed by atoms with Crippen molar-refractivity contribution < 1.29 is 4.74 Å². The zero-order valence-corrected chi connectivity index (χ0v) is 13.4. The maximum Gasteiger partial charge on any atom is 0.335 e. The second-order valence-electron chi connectivity index (χ2n) is 5.76. The number of aromatic amines is 1. The fraction of sp³-hybridized carbons (Fsp3) is 0.312. The van der Waals surface area contributed by atoms with Crippen LogP contribution < -0.4 is 15.5 Å². The Balaban J connectivity index is 1.52. The van der Waals surface area contributed by atoms with E-state index < -0.39 is 0 Å². The molecule has 1 aliphatic heterocycles. The van der Waals surface area contributed by atoms with E-state index >= 15 is 0 Å². The molecule has 4 heterocycles. The van der Waals surface area contributed by atoms with E-state index in [0.717, 1.165) is 25.9 Å². The molecule has 0 aromatic carbocycles. The van der Waals surface area contributed by atoms with Gasteiger partial charge in [-0.25, -0.2) is 9.97 Å². The number of aromatic nitrogens is 6. The predicted octanol–water partition coefficient (Wildman–Crippen LogP) is 0.543. The zero-order chi connectivity index (χ0) is 17.1. The first-order valence-corrected chi connectivity index (χ1v) is 8.08. The highest BCUT2D eigenvalue weighted by Gasteiger charge is 2.16. The van der Waals surface area contributed by atoms with Gasteiger partial charge >= 0.3 is 6.01 Å². The van der Waals surface area contributed by atoms with Crippen LogP contribution in [0, 0.1) is 0 Å². The van der Waals surface area contributed by atoms with E-state index in [-0.39, 0.29) is 17.5 Å². The molecule has 3 aromatic rings. The van der Waals surface area contributed by atoms with Gasteiger partial charge in [0.15, 0.2) is 5.43 Å². The lowest BCUT2D eigenvalue weighted by atomic mass is 10.1. The normalized spacial score (nSPS) is 15.2. The van der Waals surface area contributed by atoms with Crippen molar-refractivity contribution in [3.63, 3.8) is 0 Å². The summed E-state index contributed by atoms with van der Waals surface area (Å²) in [6.45, 7) is 1.85. The van der Waals surface area contributed by atoms with Gasteiger partial charge in [-0.05, 0) is 25.9 Å². The molecule has 1 aliphatic rings. The average molecular weight is 339 g/mol. The first-order valence-electron chi connectivity index (χ1n) is 8.08. The van der Waals surface area contributed by atoms with Crippen LogP contribution in [0.2, 0.25) is 0 Å². The third-order valence-corrected chi connectivity index (χ3v) is 4.05. The Morgan fingerprint density at radius 3 is 2.80 bits per heavy atom. The molecule has 25 heavy (non-hydrogen) atoms. The van der Waals surface area contributed by atoms with E-state index in [2.05, 4.69) is 30.5 Å². The minimum atomic E-state index is -0.175. The molecule has 2 N–H and O–H groups in total. The third-order valence-electron chi connectivity index (χ3n) is 4.05. The molecule has 9 nitrogen and oxygen atoms in total. The molecule has 128 valence electrons. The minimum absolute atomic E-state index is 0.103. The first kappa shape index (κ1) is 15.5. The molecule has 9 heteroatoms. The smallest absolute Gasteiger partial charge is 0.335 e. The number of imidazole rings is 1. The van der Waals surface area contributed by atoms with Gasteiger partial charge in [-0.2, -0.15) is 0 Å². The van der Waals surface area contributed by atoms with Crippen molar-refractivity contribution in [1.82, 2.24) is 35.0 Å². The standard InChI is InChI=1S/C16H17N7O2/c24-14-7-15(23-6-5-18-10-23)19-8-12(14)13-9-20-16(22-21-13)25-11-1-3-17-4-2-11/h5-11,17H,1-4H2,(H,19,24). The van der Waals surface area contributed by atoms with E-state index in [1.165, 1.54) is 12.3 Å². The molecule has 0 bridgehead atoms. The molecule has 0 amide bonds. The van der Waals surface area contributed by atoms with Gasteiger partial charge in [0.25, 0.3) is 0 Å². The van der Waals surface area contributed by atoms with Crippen LogP contribution in [0.4, 0.5) is 0 Å². The number of ether oxygens (including phenoxy) is 1. The molecule has 0 aliphatic carbocycles. The highest BCUT2D eigenvalue weighted by atomic mass is 16.5. The van der Waals surface area contributed by atoms with E-state index in [9.17, 15) is 4.79 Å². The van der Waals surface area contributed by atoms with Gasteiger partial charge in [0.1, 0.15) is 23.9 Å². The number of hydrogen-bond acceptors (Lipinski definition) is 7. The topological polar surface area (TPSA) is 111 Å². The number of piperidine rings is 1. The number of nitrogens with zero attached hydrogens (tertiary/aromatic N) is 5. The minimum Gasteiger partial charge on any atom is -0.459 e. The lowest BCUT2D eigenvalue weighted by Gasteiger charge is -2.22. The number of pyridine rings is 1. The quantitative estimate of drug-likeness (QED) is 0.714. The van der Waals surface area contributed by atoms with E-state index in [4.69, 9.17) is 4.74 Å². The predicted molar refractivity (Wildman–Crippen MR) is 89.5 cm³/mol. The number of nitrogens with one attached hydrogen (secondary N) is 2. The van der Waals surface area contributed by atoms with Crippen molar-refractivity contribution in [1.29, 1.82) is 0 Å². The summed E-state index contributed by atoms with van der Waals surface area (Å²) in [5, 5.41) is 11.3. The van der Waals surface area contributed by atoms with Gasteiger partial charge < -0.3 is 15.0 Å². The van der Waals surface area contributed by atoms with Gasteiger partial charge in [0.05, 0.1) is 11.8 Å². The molecule has 0 spiro atoms. The molecule has 1 fully saturated rings. The Bertz CT molecular complexity index is 884. The van der Waals surface area contributed by atoms with E-state index in [1.54, 1.807) is 29.5 Å². The highest BCUT2D eigenvalue weighted by Crippen LogP contribution is 2.14. The van der Waals surface area contributed by atoms with Crippen LogP contribution in [-0.2, 0) is 0 Å². The van der Waals surface area contributed by atoms with Crippen molar-refractivity contribution in [2.75, 3.05) is 13.1 Å². The van der Waals surface area contributed by atoms with Crippen LogP contribution in [0.25, 0.3) is 17.1 Å². The molecule has 0 atom stereocenters. The van der Waals surface area contributed by atoms with Gasteiger partial charge in [0, 0.05) is 24.7 Å². The molecular formula is C16H17N7O2. The van der Waals surface area contributed by atoms with E-state index in [0.29, 0.717) is 17.1 Å². The third kappa shape index (κ3) is 3.41. The van der Waals surface area contributed by atoms with Crippen LogP contribution in [0.5, 0.6) is 6.01 Å². The fourth-order valence-electron chi connectivity index (χ4n) is 2.72. The summed E-state index contributed by atoms with van der Waals surface area (Å²) in [5.41, 5.74) is 0.624. The molecule has 1 saturated heterocycles. The van der Waals surface area contributed by atoms with Crippen molar-refractivity contribution >= 4 is 0 Å². The van der Waals surface area contributed by atoms with Gasteiger partial charge in [-0.1, -0.05) is 5.10 Å². The summed E-state index contributed by atoms with van der Waals surface area (Å²) in [4.78, 5) is 23.5. The SMILES string of the molecule is O=c1cc(-n2ccnc2)[nH]cc1-c1cnc(OC2CCNCC2)nn1. The Hall–Kier alpha value is -3.07. The van der Waals surface area contributed by atoms with Crippen molar-refractivity contribution in [3.05, 3.63) is 47.4 Å². The molecule has 0 saturated carbocycles. The highest BCUT2D eigenvalue weighted by molar-refractivity contribution is 5.56. The Morgan fingerprint density at radius 1 is 1.24 bits per heavy atom. The molecule has 0 radical (unpaired) electrons. The summed E-state index contributed by atoms with van der Waals surface area (Å²) >= 11 is 0. The van der Waals surface area contributed by atoms with Crippen molar-refractivity contribution in [2.24, 2.45) is 0 Å². The molecule has 3 aromatic heterocycles. The van der Waals surface area contributed by atoms with Crippen LogP contribution in [0.15, 0.2) is 42.0 Å². The van der Waals surface area contributed by atoms with Crippen LogP contribution in [-0.4, -0.2) is 48.9 Å². The molecular weight excluding hydrogens is 322 g/mol. The molecule has 4 rings (SSSR count). The summed E-state index contributed by atoms with van der Waals surface area (Å²) in [6.07, 6.45) is 10.0. The largest absolute Gasteiger partial charge is 0.459 e. The summed E-state index contributed by atoms with van der Waals surface area (Å²) < 4.78 is 7.44. The number of rotatable bonds is 4. The van der Waals surface area contributed by atoms with Crippen LogP contribution >= 0.6 is 0 Å². The Labute approximate surface area is 143 Å². The first-order chi connectivity index (χ1) is 12.3. The lowest BCUT2D eigenvalue weighted by Crippen LogP contribution is -2.34. The summed E-state index contributed by atoms with van der Waals surface area (Å²) in [5.74, 6) is 0.623. The Kier molecular flexibility index (Phi) is 4.21. The van der Waals surface area contributed by atoms with E-state index in [1.807, 2.05) is 0 Å². The maximum absolute atomic E-state index is 12.3. The van der Waals surface area contributed by atoms with Crippen LogP contribution in [0.1, 0.15) is 12.8 Å². The van der Waals surface area contributed by atoms with Crippen LogP contribution in [0.3, 0.4) is 0 Å². The maximum atomic E-state index is 12.3. The summed E-state index contributed by atoms with van der Waals surface area (Å²) in [7, 11) is 0. The zero-order valence-electron chi connectivity index (χ0n) is 13.4. The monoisotopic (exact) mass is 339 g/mol. The molecule has 0 unspecified atom stereocenters. The van der Waals surface area contributed by atoms with Gasteiger partial charge in [-0.3, -0.25) is 9.36 Å². The lowest BCUT2D eigenvalue weighted by molar-refractivity contribution is 0.147. The van der Waals surface area contributed by atoms with Gasteiger partial charge in [-0.15, -0.1) is 5.10 Å². The van der Waals surface area contributed by atoms with Crippen molar-refractivity contribution in [2.45, 2.75) is 18.9 Å². The Morgan fingerprint density at radius 2 is 2.12 bits per heavy atom. The number of H-pyrrole nitrogens is 1. The summed E-state index contributed by atoms with van der Waals surface area (Å²) in [6, 6.07) is 1.72. The fourth-order valence-corrected chi connectivity index (χ4v) is 2.72. The van der Waals surface area contributed by atoms with Gasteiger partial charge in [0.2, 0.25) is 0 Å². The second-order valence-corrected chi connectivity index (χ2v) is 5.76. The second kappa shape index (κ2) is 6.81.